The number of guanidine groups is 1. The molecule has 0 saturated carbocycles. The summed E-state index contributed by atoms with van der Waals surface area (Å²) in [4.78, 5) is 27.4. The van der Waals surface area contributed by atoms with Crippen molar-refractivity contribution in [3.63, 3.8) is 0 Å². The maximum atomic E-state index is 12.3. The summed E-state index contributed by atoms with van der Waals surface area (Å²) in [5.41, 5.74) is 7.02. The first-order valence-corrected chi connectivity index (χ1v) is 9.68. The zero-order valence-electron chi connectivity index (χ0n) is 13.7. The van der Waals surface area contributed by atoms with Gasteiger partial charge in [0.1, 0.15) is 5.69 Å². The molecule has 134 valence electrons. The third-order valence-corrected chi connectivity index (χ3v) is 5.58. The Morgan fingerprint density at radius 3 is 2.88 bits per heavy atom. The Labute approximate surface area is 157 Å². The summed E-state index contributed by atoms with van der Waals surface area (Å²) in [6.07, 6.45) is 0. The number of rotatable bonds is 3. The van der Waals surface area contributed by atoms with Gasteiger partial charge < -0.3 is 15.4 Å². The molecule has 10 heteroatoms. The van der Waals surface area contributed by atoms with Crippen LogP contribution >= 0.6 is 22.7 Å². The normalized spacial score (nSPS) is 15.4. The topological polar surface area (TPSA) is 106 Å². The maximum absolute atomic E-state index is 12.3. The van der Waals surface area contributed by atoms with Crippen LogP contribution in [-0.2, 0) is 4.74 Å². The number of nitrogens with two attached hydrogens (primary N) is 1. The number of hydrogen-bond acceptors (Lipinski definition) is 8. The molecule has 3 N–H and O–H groups in total. The molecule has 3 aromatic rings. The van der Waals surface area contributed by atoms with Crippen molar-refractivity contribution in [1.29, 1.82) is 0 Å². The number of para-hydroxylation sites is 1. The third kappa shape index (κ3) is 3.66. The Bertz CT molecular complexity index is 927. The highest BCUT2D eigenvalue weighted by Crippen LogP contribution is 2.27. The average Bonchev–Trinajstić information content (AvgIpc) is 3.29. The zero-order valence-corrected chi connectivity index (χ0v) is 15.3. The molecule has 1 aliphatic heterocycles. The Kier molecular flexibility index (Phi) is 4.78. The van der Waals surface area contributed by atoms with Crippen molar-refractivity contribution in [2.75, 3.05) is 31.2 Å². The van der Waals surface area contributed by atoms with Gasteiger partial charge in [-0.1, -0.05) is 23.5 Å². The molecule has 1 aromatic carbocycles. The summed E-state index contributed by atoms with van der Waals surface area (Å²) >= 11 is 2.84. The van der Waals surface area contributed by atoms with Gasteiger partial charge in [-0.25, -0.2) is 9.97 Å². The second-order valence-corrected chi connectivity index (χ2v) is 7.38. The quantitative estimate of drug-likeness (QED) is 0.525. The highest BCUT2D eigenvalue weighted by Gasteiger charge is 2.18. The predicted molar refractivity (Wildman–Crippen MR) is 104 cm³/mol. The van der Waals surface area contributed by atoms with E-state index in [-0.39, 0.29) is 11.9 Å². The Morgan fingerprint density at radius 1 is 1.27 bits per heavy atom. The van der Waals surface area contributed by atoms with E-state index in [1.165, 1.54) is 22.7 Å². The van der Waals surface area contributed by atoms with Crippen molar-refractivity contribution in [3.05, 3.63) is 35.3 Å². The molecule has 0 spiro atoms. The van der Waals surface area contributed by atoms with E-state index < -0.39 is 0 Å². The van der Waals surface area contributed by atoms with Gasteiger partial charge in [-0.3, -0.25) is 10.1 Å². The van der Waals surface area contributed by atoms with Crippen LogP contribution in [0.25, 0.3) is 10.2 Å². The number of aliphatic imine (C=N–C) groups is 1. The van der Waals surface area contributed by atoms with Crippen LogP contribution in [0.2, 0.25) is 0 Å². The number of carbonyl (C=O) groups is 1. The Balaban J connectivity index is 1.44. The van der Waals surface area contributed by atoms with Crippen LogP contribution in [0.1, 0.15) is 10.5 Å². The van der Waals surface area contributed by atoms with Crippen molar-refractivity contribution in [1.82, 2.24) is 15.3 Å². The largest absolute Gasteiger partial charge is 0.378 e. The molecule has 8 nitrogen and oxygen atoms in total. The predicted octanol–water partition coefficient (Wildman–Crippen LogP) is 1.97. The highest BCUT2D eigenvalue weighted by atomic mass is 32.1. The van der Waals surface area contributed by atoms with Gasteiger partial charge in [0.15, 0.2) is 5.13 Å². The number of aromatic nitrogens is 2. The van der Waals surface area contributed by atoms with Crippen molar-refractivity contribution in [2.45, 2.75) is 0 Å². The lowest BCUT2D eigenvalue weighted by Gasteiger charge is -2.25. The summed E-state index contributed by atoms with van der Waals surface area (Å²) in [5.74, 6) is -0.391. The van der Waals surface area contributed by atoms with E-state index in [1.54, 1.807) is 5.38 Å². The molecule has 0 bridgehead atoms. The van der Waals surface area contributed by atoms with Gasteiger partial charge in [0, 0.05) is 18.5 Å². The number of carbonyl (C=O) groups excluding carboxylic acids is 1. The van der Waals surface area contributed by atoms with E-state index in [0.717, 1.165) is 28.4 Å². The van der Waals surface area contributed by atoms with E-state index in [9.17, 15) is 4.79 Å². The van der Waals surface area contributed by atoms with Crippen molar-refractivity contribution in [2.24, 2.45) is 10.7 Å². The molecule has 1 saturated heterocycles. The molecule has 4 rings (SSSR count). The van der Waals surface area contributed by atoms with Crippen LogP contribution in [0.4, 0.5) is 10.3 Å². The smallest absolute Gasteiger partial charge is 0.277 e. The van der Waals surface area contributed by atoms with Gasteiger partial charge >= 0.3 is 0 Å². The van der Waals surface area contributed by atoms with Crippen molar-refractivity contribution < 1.29 is 9.53 Å². The number of benzene rings is 1. The minimum Gasteiger partial charge on any atom is -0.378 e. The van der Waals surface area contributed by atoms with Gasteiger partial charge in [0.05, 0.1) is 23.4 Å². The fraction of sp³-hybridized carbons (Fsp3) is 0.250. The lowest BCUT2D eigenvalue weighted by Crippen LogP contribution is -2.37. The molecule has 1 aliphatic rings. The Hall–Kier alpha value is -2.56. The first kappa shape index (κ1) is 16.9. The van der Waals surface area contributed by atoms with E-state index in [4.69, 9.17) is 10.5 Å². The van der Waals surface area contributed by atoms with Crippen molar-refractivity contribution >= 4 is 55.0 Å². The third-order valence-electron chi connectivity index (χ3n) is 3.75. The molecule has 1 amide bonds. The number of thiazole rings is 2. The molecular formula is C16H16N6O2S2. The van der Waals surface area contributed by atoms with Gasteiger partial charge in [-0.05, 0) is 12.1 Å². The number of morpholine rings is 1. The van der Waals surface area contributed by atoms with Gasteiger partial charge in [0.2, 0.25) is 11.1 Å². The Morgan fingerprint density at radius 2 is 2.08 bits per heavy atom. The fourth-order valence-corrected chi connectivity index (χ4v) is 4.20. The fourth-order valence-electron chi connectivity index (χ4n) is 2.49. The number of anilines is 1. The molecule has 2 aromatic heterocycles. The molecule has 0 atom stereocenters. The molecule has 3 heterocycles. The van der Waals surface area contributed by atoms with Gasteiger partial charge in [0.25, 0.3) is 5.91 Å². The second-order valence-electron chi connectivity index (χ2n) is 5.53. The molecule has 0 unspecified atom stereocenters. The molecule has 1 fully saturated rings. The first-order valence-electron chi connectivity index (χ1n) is 7.98. The average molecular weight is 388 g/mol. The van der Waals surface area contributed by atoms with E-state index >= 15 is 0 Å². The van der Waals surface area contributed by atoms with E-state index in [2.05, 4.69) is 25.2 Å². The number of amides is 1. The number of fused-ring (bicyclic) bond motifs is 1. The maximum Gasteiger partial charge on any atom is 0.277 e. The number of ether oxygens (including phenoxy) is 1. The standard InChI is InChI=1S/C16H16N6O2S2/c17-14(21-15-18-10-3-1-2-4-12(10)26-15)20-13(23)11-9-25-16(19-11)22-5-7-24-8-6-22/h1-4,9H,5-8H2,(H3,17,18,20,21,23). The molecular weight excluding hydrogens is 372 g/mol. The van der Waals surface area contributed by atoms with E-state index in [1.807, 2.05) is 24.3 Å². The summed E-state index contributed by atoms with van der Waals surface area (Å²) < 4.78 is 6.34. The SMILES string of the molecule is NC(=Nc1nc2ccccc2s1)NC(=O)c1csc(N2CCOCC2)n1. The molecule has 26 heavy (non-hydrogen) atoms. The minimum atomic E-state index is -0.386. The highest BCUT2D eigenvalue weighted by molar-refractivity contribution is 7.22. The van der Waals surface area contributed by atoms with Crippen molar-refractivity contribution in [3.8, 4) is 0 Å². The van der Waals surface area contributed by atoms with Crippen LogP contribution in [0.3, 0.4) is 0 Å². The lowest BCUT2D eigenvalue weighted by molar-refractivity contribution is 0.0972. The van der Waals surface area contributed by atoms with Crippen LogP contribution in [-0.4, -0.2) is 48.1 Å². The van der Waals surface area contributed by atoms with Crippen LogP contribution in [0, 0.1) is 0 Å². The summed E-state index contributed by atoms with van der Waals surface area (Å²) in [7, 11) is 0. The van der Waals surface area contributed by atoms with Crippen LogP contribution in [0.5, 0.6) is 0 Å². The summed E-state index contributed by atoms with van der Waals surface area (Å²) in [6.45, 7) is 2.89. The monoisotopic (exact) mass is 388 g/mol. The second kappa shape index (κ2) is 7.36. The van der Waals surface area contributed by atoms with Gasteiger partial charge in [-0.15, -0.1) is 11.3 Å². The van der Waals surface area contributed by atoms with Crippen LogP contribution in [0.15, 0.2) is 34.6 Å². The van der Waals surface area contributed by atoms with Gasteiger partial charge in [-0.2, -0.15) is 4.99 Å². The number of nitrogens with zero attached hydrogens (tertiary/aromatic N) is 4. The first-order chi connectivity index (χ1) is 12.7. The summed E-state index contributed by atoms with van der Waals surface area (Å²) in [5, 5.41) is 5.58. The molecule has 0 aliphatic carbocycles. The zero-order chi connectivity index (χ0) is 17.9. The summed E-state index contributed by atoms with van der Waals surface area (Å²) in [6, 6.07) is 7.72. The number of nitrogens with one attached hydrogen (secondary N) is 1. The van der Waals surface area contributed by atoms with E-state index in [0.29, 0.717) is 24.0 Å². The van der Waals surface area contributed by atoms with Crippen LogP contribution < -0.4 is 16.0 Å². The minimum absolute atomic E-state index is 0.00465. The molecule has 0 radical (unpaired) electrons. The lowest BCUT2D eigenvalue weighted by atomic mass is 10.3. The number of hydrogen-bond donors (Lipinski definition) is 2.